The van der Waals surface area contributed by atoms with Crippen molar-refractivity contribution in [2.45, 2.75) is 0 Å². The van der Waals surface area contributed by atoms with Crippen LogP contribution in [0.3, 0.4) is 0 Å². The predicted molar refractivity (Wildman–Crippen MR) is 112 cm³/mol. The number of carbonyl (C=O) groups is 1. The van der Waals surface area contributed by atoms with Crippen LogP contribution < -0.4 is 10.5 Å². The minimum absolute atomic E-state index is 0.0676. The molecule has 4 heterocycles. The molecule has 1 saturated heterocycles. The Morgan fingerprint density at radius 1 is 0.867 bits per heavy atom. The minimum atomic E-state index is -0.604. The average Bonchev–Trinajstić information content (AvgIpc) is 3.33. The van der Waals surface area contributed by atoms with Crippen molar-refractivity contribution in [2.75, 3.05) is 31.1 Å². The van der Waals surface area contributed by atoms with Crippen LogP contribution in [0.15, 0.2) is 76.2 Å². The molecule has 8 nitrogen and oxygen atoms in total. The van der Waals surface area contributed by atoms with Gasteiger partial charge in [0.2, 0.25) is 0 Å². The number of aromatic nitrogens is 3. The standard InChI is InChI=1S/C22H19N5O3/c28-21(17-15-16-5-1-2-6-18(16)30-22(17)29)27-13-11-26(12-14-27)20-8-7-19(23-24-20)25-9-3-4-10-25/h1-10,15H,11-14H2. The minimum Gasteiger partial charge on any atom is -0.422 e. The van der Waals surface area contributed by atoms with Crippen molar-refractivity contribution in [1.82, 2.24) is 19.7 Å². The molecule has 0 bridgehead atoms. The maximum atomic E-state index is 12.9. The van der Waals surface area contributed by atoms with E-state index in [1.807, 2.05) is 53.4 Å². The van der Waals surface area contributed by atoms with Crippen LogP contribution >= 0.6 is 0 Å². The first-order chi connectivity index (χ1) is 14.7. The number of nitrogens with zero attached hydrogens (tertiary/aromatic N) is 5. The molecule has 1 aliphatic heterocycles. The number of piperazine rings is 1. The zero-order valence-corrected chi connectivity index (χ0v) is 16.1. The first kappa shape index (κ1) is 18.1. The summed E-state index contributed by atoms with van der Waals surface area (Å²) in [5.74, 6) is 1.21. The van der Waals surface area contributed by atoms with Gasteiger partial charge in [0, 0.05) is 44.0 Å². The molecule has 150 valence electrons. The zero-order chi connectivity index (χ0) is 20.5. The van der Waals surface area contributed by atoms with E-state index in [0.717, 1.165) is 17.0 Å². The third kappa shape index (κ3) is 3.32. The Morgan fingerprint density at radius 3 is 2.30 bits per heavy atom. The van der Waals surface area contributed by atoms with E-state index < -0.39 is 5.63 Å². The van der Waals surface area contributed by atoms with Gasteiger partial charge in [0.25, 0.3) is 5.91 Å². The molecule has 4 aromatic rings. The summed E-state index contributed by atoms with van der Waals surface area (Å²) in [5.41, 5.74) is -0.0589. The number of para-hydroxylation sites is 1. The third-order valence-corrected chi connectivity index (χ3v) is 5.27. The lowest BCUT2D eigenvalue weighted by Crippen LogP contribution is -2.49. The highest BCUT2D eigenvalue weighted by Gasteiger charge is 2.25. The van der Waals surface area contributed by atoms with Crippen molar-refractivity contribution in [3.8, 4) is 5.82 Å². The van der Waals surface area contributed by atoms with E-state index in [1.165, 1.54) is 0 Å². The number of hydrogen-bond donors (Lipinski definition) is 0. The van der Waals surface area contributed by atoms with Crippen LogP contribution in [-0.4, -0.2) is 51.8 Å². The number of benzene rings is 1. The molecule has 0 saturated carbocycles. The van der Waals surface area contributed by atoms with Crippen LogP contribution in [0.4, 0.5) is 5.82 Å². The Labute approximate surface area is 172 Å². The molecule has 5 rings (SSSR count). The van der Waals surface area contributed by atoms with Gasteiger partial charge in [0.15, 0.2) is 11.6 Å². The molecule has 0 radical (unpaired) electrons. The molecule has 30 heavy (non-hydrogen) atoms. The number of rotatable bonds is 3. The SMILES string of the molecule is O=C(c1cc2ccccc2oc1=O)N1CCN(c2ccc(-n3cccc3)nn2)CC1. The molecule has 1 aliphatic rings. The second kappa shape index (κ2) is 7.47. The van der Waals surface area contributed by atoms with E-state index in [4.69, 9.17) is 4.42 Å². The van der Waals surface area contributed by atoms with Gasteiger partial charge >= 0.3 is 5.63 Å². The van der Waals surface area contributed by atoms with Crippen LogP contribution in [0, 0.1) is 0 Å². The molecular formula is C22H19N5O3. The molecule has 8 heteroatoms. The first-order valence-corrected chi connectivity index (χ1v) is 9.73. The molecule has 3 aromatic heterocycles. The van der Waals surface area contributed by atoms with Crippen LogP contribution in [0.1, 0.15) is 10.4 Å². The van der Waals surface area contributed by atoms with E-state index in [-0.39, 0.29) is 11.5 Å². The van der Waals surface area contributed by atoms with Crippen molar-refractivity contribution < 1.29 is 9.21 Å². The van der Waals surface area contributed by atoms with Gasteiger partial charge in [0.05, 0.1) is 0 Å². The summed E-state index contributed by atoms with van der Waals surface area (Å²) >= 11 is 0. The highest BCUT2D eigenvalue weighted by Crippen LogP contribution is 2.17. The highest BCUT2D eigenvalue weighted by atomic mass is 16.4. The molecule has 0 aliphatic carbocycles. The summed E-state index contributed by atoms with van der Waals surface area (Å²) in [6, 6.07) is 16.5. The number of anilines is 1. The fourth-order valence-corrected chi connectivity index (χ4v) is 3.63. The molecule has 0 N–H and O–H groups in total. The average molecular weight is 401 g/mol. The summed E-state index contributed by atoms with van der Waals surface area (Å²) in [5, 5.41) is 9.33. The summed E-state index contributed by atoms with van der Waals surface area (Å²) < 4.78 is 7.19. The lowest BCUT2D eigenvalue weighted by atomic mass is 10.1. The maximum Gasteiger partial charge on any atom is 0.349 e. The monoisotopic (exact) mass is 401 g/mol. The molecule has 1 amide bonds. The van der Waals surface area contributed by atoms with Gasteiger partial charge in [-0.3, -0.25) is 4.79 Å². The highest BCUT2D eigenvalue weighted by molar-refractivity contribution is 5.96. The molecule has 0 spiro atoms. The fourth-order valence-electron chi connectivity index (χ4n) is 3.63. The van der Waals surface area contributed by atoms with Crippen LogP contribution in [0.5, 0.6) is 0 Å². The Morgan fingerprint density at radius 2 is 1.57 bits per heavy atom. The van der Waals surface area contributed by atoms with Gasteiger partial charge in [-0.2, -0.15) is 0 Å². The molecule has 1 aromatic carbocycles. The number of fused-ring (bicyclic) bond motifs is 1. The Kier molecular flexibility index (Phi) is 4.51. The maximum absolute atomic E-state index is 12.9. The van der Waals surface area contributed by atoms with E-state index in [1.54, 1.807) is 23.1 Å². The molecular weight excluding hydrogens is 382 g/mol. The quantitative estimate of drug-likeness (QED) is 0.490. The van der Waals surface area contributed by atoms with Crippen LogP contribution in [0.25, 0.3) is 16.8 Å². The number of carbonyl (C=O) groups excluding carboxylic acids is 1. The van der Waals surface area contributed by atoms with Gasteiger partial charge in [-0.15, -0.1) is 10.2 Å². The largest absolute Gasteiger partial charge is 0.422 e. The van der Waals surface area contributed by atoms with Gasteiger partial charge in [0.1, 0.15) is 11.1 Å². The van der Waals surface area contributed by atoms with Crippen molar-refractivity contribution >= 4 is 22.7 Å². The lowest BCUT2D eigenvalue weighted by Gasteiger charge is -2.35. The summed E-state index contributed by atoms with van der Waals surface area (Å²) in [7, 11) is 0. The number of hydrogen-bond acceptors (Lipinski definition) is 6. The Bertz CT molecular complexity index is 1240. The predicted octanol–water partition coefficient (Wildman–Crippen LogP) is 2.34. The van der Waals surface area contributed by atoms with E-state index >= 15 is 0 Å². The van der Waals surface area contributed by atoms with Gasteiger partial charge in [-0.05, 0) is 36.4 Å². The topological polar surface area (TPSA) is 84.5 Å². The summed E-state index contributed by atoms with van der Waals surface area (Å²) in [6.07, 6.45) is 3.83. The second-order valence-corrected chi connectivity index (χ2v) is 7.10. The molecule has 1 fully saturated rings. The smallest absolute Gasteiger partial charge is 0.349 e. The lowest BCUT2D eigenvalue weighted by molar-refractivity contribution is 0.0742. The Balaban J connectivity index is 1.28. The van der Waals surface area contributed by atoms with E-state index in [2.05, 4.69) is 15.1 Å². The van der Waals surface area contributed by atoms with Gasteiger partial charge < -0.3 is 18.8 Å². The van der Waals surface area contributed by atoms with Crippen molar-refractivity contribution in [3.63, 3.8) is 0 Å². The second-order valence-electron chi connectivity index (χ2n) is 7.10. The summed E-state index contributed by atoms with van der Waals surface area (Å²) in [4.78, 5) is 28.9. The zero-order valence-electron chi connectivity index (χ0n) is 16.1. The van der Waals surface area contributed by atoms with Gasteiger partial charge in [-0.25, -0.2) is 4.79 Å². The van der Waals surface area contributed by atoms with E-state index in [0.29, 0.717) is 31.8 Å². The summed E-state index contributed by atoms with van der Waals surface area (Å²) in [6.45, 7) is 2.21. The third-order valence-electron chi connectivity index (χ3n) is 5.27. The molecule has 0 unspecified atom stereocenters. The normalized spacial score (nSPS) is 14.3. The van der Waals surface area contributed by atoms with E-state index in [9.17, 15) is 9.59 Å². The van der Waals surface area contributed by atoms with Crippen molar-refractivity contribution in [3.05, 3.63) is 83.0 Å². The fraction of sp³-hybridized carbons (Fsp3) is 0.182. The van der Waals surface area contributed by atoms with Crippen molar-refractivity contribution in [1.29, 1.82) is 0 Å². The van der Waals surface area contributed by atoms with Gasteiger partial charge in [-0.1, -0.05) is 18.2 Å². The van der Waals surface area contributed by atoms with Crippen LogP contribution in [-0.2, 0) is 0 Å². The number of amides is 1. The Hall–Kier alpha value is -3.94. The molecule has 0 atom stereocenters. The first-order valence-electron chi connectivity index (χ1n) is 9.73. The van der Waals surface area contributed by atoms with Crippen LogP contribution in [0.2, 0.25) is 0 Å². The van der Waals surface area contributed by atoms with Crippen molar-refractivity contribution in [2.24, 2.45) is 0 Å².